The minimum Gasteiger partial charge on any atom is -0.475 e. The van der Waals surface area contributed by atoms with Gasteiger partial charge in [-0.15, -0.1) is 0 Å². The summed E-state index contributed by atoms with van der Waals surface area (Å²) in [6.45, 7) is 6.55. The number of rotatable bonds is 7. The van der Waals surface area contributed by atoms with E-state index in [1.54, 1.807) is 6.92 Å². The largest absolute Gasteiger partial charge is 0.475 e. The first kappa shape index (κ1) is 15.2. The highest BCUT2D eigenvalue weighted by Crippen LogP contribution is 2.14. The van der Waals surface area contributed by atoms with Crippen molar-refractivity contribution in [2.75, 3.05) is 6.54 Å². The third-order valence-corrected chi connectivity index (χ3v) is 2.53. The minimum atomic E-state index is -1.08. The molecule has 0 aliphatic rings. The first-order chi connectivity index (χ1) is 8.90. The van der Waals surface area contributed by atoms with Crippen LogP contribution in [0.25, 0.3) is 0 Å². The van der Waals surface area contributed by atoms with Crippen LogP contribution >= 0.6 is 0 Å². The van der Waals surface area contributed by atoms with Crippen molar-refractivity contribution in [1.29, 1.82) is 0 Å². The van der Waals surface area contributed by atoms with E-state index in [9.17, 15) is 9.59 Å². The molecule has 0 unspecified atom stereocenters. The number of aromatic carboxylic acids is 1. The first-order valence-electron chi connectivity index (χ1n) is 6.23. The second-order valence-electron chi connectivity index (χ2n) is 4.65. The Bertz CT molecular complexity index is 451. The highest BCUT2D eigenvalue weighted by Gasteiger charge is 2.12. The zero-order valence-corrected chi connectivity index (χ0v) is 11.4. The van der Waals surface area contributed by atoms with E-state index < -0.39 is 5.97 Å². The number of hydrogen-bond donors (Lipinski definition) is 3. The van der Waals surface area contributed by atoms with Gasteiger partial charge in [0.15, 0.2) is 0 Å². The summed E-state index contributed by atoms with van der Waals surface area (Å²) in [5.74, 6) is -0.563. The predicted octanol–water partition coefficient (Wildman–Crippen LogP) is 1.29. The quantitative estimate of drug-likeness (QED) is 0.648. The molecule has 0 radical (unpaired) electrons. The molecule has 6 nitrogen and oxygen atoms in total. The van der Waals surface area contributed by atoms with Crippen LogP contribution in [-0.4, -0.2) is 29.6 Å². The summed E-state index contributed by atoms with van der Waals surface area (Å²) in [5, 5.41) is 14.7. The van der Waals surface area contributed by atoms with Crippen LogP contribution in [0.1, 0.15) is 42.1 Å². The number of nitrogens with one attached hydrogen (secondary N) is 2. The summed E-state index contributed by atoms with van der Waals surface area (Å²) in [5.41, 5.74) is 0.793. The number of carboxylic acid groups (broad SMARTS) is 1. The Morgan fingerprint density at radius 1 is 1.42 bits per heavy atom. The van der Waals surface area contributed by atoms with E-state index in [1.165, 1.54) is 6.07 Å². The van der Waals surface area contributed by atoms with Crippen molar-refractivity contribution in [3.8, 4) is 0 Å². The van der Waals surface area contributed by atoms with Crippen molar-refractivity contribution in [2.45, 2.75) is 39.8 Å². The minimum absolute atomic E-state index is 0.00218. The number of carboxylic acids is 1. The molecule has 0 aliphatic carbocycles. The van der Waals surface area contributed by atoms with Crippen LogP contribution in [0.2, 0.25) is 0 Å². The maximum atomic E-state index is 11.4. The number of furan rings is 1. The summed E-state index contributed by atoms with van der Waals surface area (Å²) in [4.78, 5) is 22.1. The number of amides is 1. The van der Waals surface area contributed by atoms with Crippen molar-refractivity contribution in [3.05, 3.63) is 23.2 Å². The van der Waals surface area contributed by atoms with Crippen molar-refractivity contribution in [2.24, 2.45) is 0 Å². The lowest BCUT2D eigenvalue weighted by Crippen LogP contribution is -2.32. The van der Waals surface area contributed by atoms with Crippen LogP contribution in [0.4, 0.5) is 0 Å². The van der Waals surface area contributed by atoms with Gasteiger partial charge in [-0.2, -0.15) is 0 Å². The summed E-state index contributed by atoms with van der Waals surface area (Å²) in [6, 6.07) is 1.64. The molecule has 0 atom stereocenters. The first-order valence-corrected chi connectivity index (χ1v) is 6.23. The molecule has 1 rings (SSSR count). The van der Waals surface area contributed by atoms with Crippen molar-refractivity contribution >= 4 is 11.9 Å². The predicted molar refractivity (Wildman–Crippen MR) is 70.0 cm³/mol. The Labute approximate surface area is 112 Å². The SMILES string of the molecule is Cc1oc(C(=O)O)cc1CNCCC(=O)NC(C)C. The fraction of sp³-hybridized carbons (Fsp3) is 0.538. The molecule has 0 saturated carbocycles. The highest BCUT2D eigenvalue weighted by atomic mass is 16.4. The third kappa shape index (κ3) is 5.13. The molecule has 0 fully saturated rings. The Hall–Kier alpha value is -1.82. The van der Waals surface area contributed by atoms with Crippen LogP contribution in [0.15, 0.2) is 10.5 Å². The lowest BCUT2D eigenvalue weighted by molar-refractivity contribution is -0.121. The second-order valence-corrected chi connectivity index (χ2v) is 4.65. The van der Waals surface area contributed by atoms with Crippen LogP contribution in [0.3, 0.4) is 0 Å². The Balaban J connectivity index is 2.33. The zero-order valence-electron chi connectivity index (χ0n) is 11.4. The Morgan fingerprint density at radius 2 is 2.11 bits per heavy atom. The van der Waals surface area contributed by atoms with Gasteiger partial charge in [-0.05, 0) is 26.8 Å². The van der Waals surface area contributed by atoms with Gasteiger partial charge in [-0.25, -0.2) is 4.79 Å². The zero-order chi connectivity index (χ0) is 14.4. The molecular formula is C13H20N2O4. The van der Waals surface area contributed by atoms with E-state index in [-0.39, 0.29) is 17.7 Å². The number of carbonyl (C=O) groups excluding carboxylic acids is 1. The summed E-state index contributed by atoms with van der Waals surface area (Å²) in [6.07, 6.45) is 0.390. The molecule has 1 amide bonds. The normalized spacial score (nSPS) is 10.7. The molecule has 0 aliphatic heterocycles. The smallest absolute Gasteiger partial charge is 0.371 e. The topological polar surface area (TPSA) is 91.6 Å². The maximum absolute atomic E-state index is 11.4. The number of carbonyl (C=O) groups is 2. The molecular weight excluding hydrogens is 248 g/mol. The van der Waals surface area contributed by atoms with Crippen LogP contribution in [0, 0.1) is 6.92 Å². The average Bonchev–Trinajstić information content (AvgIpc) is 2.65. The fourth-order valence-corrected chi connectivity index (χ4v) is 1.62. The summed E-state index contributed by atoms with van der Waals surface area (Å²) >= 11 is 0. The number of hydrogen-bond acceptors (Lipinski definition) is 4. The molecule has 1 heterocycles. The Morgan fingerprint density at radius 3 is 2.63 bits per heavy atom. The van der Waals surface area contributed by atoms with Gasteiger partial charge in [0.25, 0.3) is 0 Å². The van der Waals surface area contributed by atoms with Crippen molar-refractivity contribution in [1.82, 2.24) is 10.6 Å². The fourth-order valence-electron chi connectivity index (χ4n) is 1.62. The van der Waals surface area contributed by atoms with Gasteiger partial charge in [-0.3, -0.25) is 4.79 Å². The molecule has 0 saturated heterocycles. The molecule has 3 N–H and O–H groups in total. The second kappa shape index (κ2) is 6.94. The van der Waals surface area contributed by atoms with E-state index in [0.717, 1.165) is 5.56 Å². The van der Waals surface area contributed by atoms with Gasteiger partial charge in [0.1, 0.15) is 5.76 Å². The van der Waals surface area contributed by atoms with Crippen molar-refractivity contribution < 1.29 is 19.1 Å². The summed E-state index contributed by atoms with van der Waals surface area (Å²) < 4.78 is 5.09. The lowest BCUT2D eigenvalue weighted by Gasteiger charge is -2.08. The third-order valence-electron chi connectivity index (χ3n) is 2.53. The Kier molecular flexibility index (Phi) is 5.57. The van der Waals surface area contributed by atoms with Gasteiger partial charge in [0, 0.05) is 31.1 Å². The average molecular weight is 268 g/mol. The summed E-state index contributed by atoms with van der Waals surface area (Å²) in [7, 11) is 0. The van der Waals surface area contributed by atoms with E-state index in [0.29, 0.717) is 25.3 Å². The van der Waals surface area contributed by atoms with Gasteiger partial charge in [-0.1, -0.05) is 0 Å². The molecule has 0 bridgehead atoms. The van der Waals surface area contributed by atoms with Crippen LogP contribution in [-0.2, 0) is 11.3 Å². The molecule has 0 aromatic carbocycles. The van der Waals surface area contributed by atoms with Crippen LogP contribution in [0.5, 0.6) is 0 Å². The van der Waals surface area contributed by atoms with Crippen molar-refractivity contribution in [3.63, 3.8) is 0 Å². The molecule has 1 aromatic rings. The van der Waals surface area contributed by atoms with Gasteiger partial charge < -0.3 is 20.2 Å². The van der Waals surface area contributed by atoms with E-state index in [2.05, 4.69) is 10.6 Å². The molecule has 6 heteroatoms. The molecule has 19 heavy (non-hydrogen) atoms. The molecule has 0 spiro atoms. The maximum Gasteiger partial charge on any atom is 0.371 e. The molecule has 106 valence electrons. The van der Waals surface area contributed by atoms with Gasteiger partial charge in [0.2, 0.25) is 11.7 Å². The van der Waals surface area contributed by atoms with E-state index in [4.69, 9.17) is 9.52 Å². The van der Waals surface area contributed by atoms with Gasteiger partial charge >= 0.3 is 5.97 Å². The van der Waals surface area contributed by atoms with Gasteiger partial charge in [0.05, 0.1) is 0 Å². The highest BCUT2D eigenvalue weighted by molar-refractivity contribution is 5.84. The lowest BCUT2D eigenvalue weighted by atomic mass is 10.2. The monoisotopic (exact) mass is 268 g/mol. The standard InChI is InChI=1S/C13H20N2O4/c1-8(2)15-12(16)4-5-14-7-10-6-11(13(17)18)19-9(10)3/h6,8,14H,4-5,7H2,1-3H3,(H,15,16)(H,17,18). The number of aryl methyl sites for hydroxylation is 1. The van der Waals surface area contributed by atoms with E-state index in [1.807, 2.05) is 13.8 Å². The van der Waals surface area contributed by atoms with Crippen LogP contribution < -0.4 is 10.6 Å². The van der Waals surface area contributed by atoms with E-state index >= 15 is 0 Å². The molecule has 1 aromatic heterocycles.